The van der Waals surface area contributed by atoms with E-state index in [1.54, 1.807) is 42.0 Å². The van der Waals surface area contributed by atoms with Gasteiger partial charge >= 0.3 is 0 Å². The largest absolute Gasteiger partial charge is 0.495 e. The van der Waals surface area contributed by atoms with Crippen molar-refractivity contribution in [3.05, 3.63) is 63.8 Å². The maximum absolute atomic E-state index is 12.8. The van der Waals surface area contributed by atoms with Crippen molar-refractivity contribution < 1.29 is 9.53 Å². The lowest BCUT2D eigenvalue weighted by Crippen LogP contribution is -2.13. The number of aromatic nitrogens is 1. The van der Waals surface area contributed by atoms with Crippen LogP contribution in [0.2, 0.25) is 10.0 Å². The summed E-state index contributed by atoms with van der Waals surface area (Å²) < 4.78 is 6.86. The molecule has 0 spiro atoms. The van der Waals surface area contributed by atoms with Crippen molar-refractivity contribution in [3.63, 3.8) is 0 Å². The number of fused-ring (bicyclic) bond motifs is 1. The van der Waals surface area contributed by atoms with E-state index in [0.29, 0.717) is 21.4 Å². The van der Waals surface area contributed by atoms with Crippen LogP contribution in [-0.4, -0.2) is 17.6 Å². The first-order valence-electron chi connectivity index (χ1n) is 6.67. The van der Waals surface area contributed by atoms with E-state index in [-0.39, 0.29) is 5.91 Å². The maximum Gasteiger partial charge on any atom is 0.262 e. The molecule has 0 saturated heterocycles. The van der Waals surface area contributed by atoms with Crippen molar-refractivity contribution in [2.24, 2.45) is 0 Å². The third-order valence-electron chi connectivity index (χ3n) is 3.55. The van der Waals surface area contributed by atoms with Crippen molar-refractivity contribution in [2.45, 2.75) is 6.92 Å². The molecule has 0 unspecified atom stereocenters. The van der Waals surface area contributed by atoms with Gasteiger partial charge in [-0.2, -0.15) is 0 Å². The van der Waals surface area contributed by atoms with E-state index in [2.05, 4.69) is 0 Å². The standard InChI is InChI=1S/C17H13Cl2NO2/c1-10-7-12-8-16(22-2)14(19)9-15(12)20(10)17(21)11-3-5-13(18)6-4-11/h3-9H,1-2H3. The number of carbonyl (C=O) groups excluding carboxylic acids is 1. The van der Waals surface area contributed by atoms with E-state index in [4.69, 9.17) is 27.9 Å². The van der Waals surface area contributed by atoms with Crippen LogP contribution in [0.25, 0.3) is 10.9 Å². The van der Waals surface area contributed by atoms with E-state index in [1.165, 1.54) is 0 Å². The highest BCUT2D eigenvalue weighted by Gasteiger charge is 2.16. The lowest BCUT2D eigenvalue weighted by Gasteiger charge is -2.08. The second-order valence-corrected chi connectivity index (χ2v) is 5.82. The molecule has 0 aliphatic rings. The lowest BCUT2D eigenvalue weighted by atomic mass is 10.2. The van der Waals surface area contributed by atoms with E-state index < -0.39 is 0 Å². The minimum absolute atomic E-state index is 0.120. The Kier molecular flexibility index (Phi) is 3.85. The van der Waals surface area contributed by atoms with Gasteiger partial charge in [-0.15, -0.1) is 0 Å². The van der Waals surface area contributed by atoms with Crippen LogP contribution in [0.5, 0.6) is 5.75 Å². The molecule has 22 heavy (non-hydrogen) atoms. The molecule has 112 valence electrons. The minimum Gasteiger partial charge on any atom is -0.495 e. The van der Waals surface area contributed by atoms with Crippen LogP contribution in [0, 0.1) is 6.92 Å². The predicted octanol–water partition coefficient (Wildman–Crippen LogP) is 4.95. The Morgan fingerprint density at radius 3 is 2.41 bits per heavy atom. The maximum atomic E-state index is 12.8. The molecule has 0 N–H and O–H groups in total. The Balaban J connectivity index is 2.18. The molecule has 0 bridgehead atoms. The lowest BCUT2D eigenvalue weighted by molar-refractivity contribution is 0.0963. The molecular formula is C17H13Cl2NO2. The fourth-order valence-corrected chi connectivity index (χ4v) is 2.86. The van der Waals surface area contributed by atoms with Crippen molar-refractivity contribution >= 4 is 40.0 Å². The summed E-state index contributed by atoms with van der Waals surface area (Å²) in [6.07, 6.45) is 0. The molecule has 0 amide bonds. The first-order chi connectivity index (χ1) is 10.5. The monoisotopic (exact) mass is 333 g/mol. The number of ether oxygens (including phenoxy) is 1. The molecule has 0 atom stereocenters. The van der Waals surface area contributed by atoms with Gasteiger partial charge in [0.1, 0.15) is 5.75 Å². The number of hydrogen-bond donors (Lipinski definition) is 0. The number of carbonyl (C=O) groups is 1. The molecule has 0 radical (unpaired) electrons. The number of rotatable bonds is 2. The third kappa shape index (κ3) is 2.47. The second-order valence-electron chi connectivity index (χ2n) is 4.98. The summed E-state index contributed by atoms with van der Waals surface area (Å²) in [7, 11) is 1.57. The van der Waals surface area contributed by atoms with Gasteiger partial charge in [-0.25, -0.2) is 0 Å². The van der Waals surface area contributed by atoms with Gasteiger partial charge in [-0.05, 0) is 49.4 Å². The quantitative estimate of drug-likeness (QED) is 0.664. The van der Waals surface area contributed by atoms with Crippen LogP contribution in [0.3, 0.4) is 0 Å². The topological polar surface area (TPSA) is 31.2 Å². The summed E-state index contributed by atoms with van der Waals surface area (Å²) in [6, 6.07) is 12.3. The first kappa shape index (κ1) is 14.9. The summed E-state index contributed by atoms with van der Waals surface area (Å²) in [5.74, 6) is 0.468. The Labute approximate surface area is 138 Å². The summed E-state index contributed by atoms with van der Waals surface area (Å²) >= 11 is 12.1. The average Bonchev–Trinajstić information content (AvgIpc) is 2.81. The van der Waals surface area contributed by atoms with Crippen LogP contribution in [0.15, 0.2) is 42.5 Å². The Hall–Kier alpha value is -1.97. The smallest absolute Gasteiger partial charge is 0.262 e. The average molecular weight is 334 g/mol. The number of hydrogen-bond acceptors (Lipinski definition) is 2. The van der Waals surface area contributed by atoms with Crippen molar-refractivity contribution in [1.82, 2.24) is 4.57 Å². The normalized spacial score (nSPS) is 10.9. The number of nitrogens with zero attached hydrogens (tertiary/aromatic N) is 1. The van der Waals surface area contributed by atoms with Crippen LogP contribution in [-0.2, 0) is 0 Å². The highest BCUT2D eigenvalue weighted by molar-refractivity contribution is 6.33. The SMILES string of the molecule is COc1cc2cc(C)n(C(=O)c3ccc(Cl)cc3)c2cc1Cl. The molecule has 1 aromatic heterocycles. The van der Waals surface area contributed by atoms with Crippen LogP contribution in [0.4, 0.5) is 0 Å². The number of halogens is 2. The van der Waals surface area contributed by atoms with Crippen LogP contribution >= 0.6 is 23.2 Å². The van der Waals surface area contributed by atoms with Gasteiger partial charge in [0.2, 0.25) is 0 Å². The van der Waals surface area contributed by atoms with Gasteiger partial charge in [-0.3, -0.25) is 9.36 Å². The molecule has 5 heteroatoms. The summed E-state index contributed by atoms with van der Waals surface area (Å²) in [6.45, 7) is 1.88. The van der Waals surface area contributed by atoms with Gasteiger partial charge in [0.25, 0.3) is 5.91 Å². The number of aryl methyl sites for hydroxylation is 1. The molecule has 0 saturated carbocycles. The Bertz CT molecular complexity index is 866. The molecule has 0 aliphatic carbocycles. The second kappa shape index (κ2) is 5.67. The van der Waals surface area contributed by atoms with E-state index >= 15 is 0 Å². The predicted molar refractivity (Wildman–Crippen MR) is 89.4 cm³/mol. The molecule has 3 aromatic rings. The van der Waals surface area contributed by atoms with Crippen LogP contribution < -0.4 is 4.74 Å². The van der Waals surface area contributed by atoms with Crippen molar-refractivity contribution in [1.29, 1.82) is 0 Å². The van der Waals surface area contributed by atoms with Gasteiger partial charge < -0.3 is 4.74 Å². The zero-order valence-electron chi connectivity index (χ0n) is 12.1. The molecule has 0 aliphatic heterocycles. The van der Waals surface area contributed by atoms with Crippen molar-refractivity contribution in [3.8, 4) is 5.75 Å². The van der Waals surface area contributed by atoms with Crippen LogP contribution in [0.1, 0.15) is 16.1 Å². The molecule has 3 rings (SSSR count). The summed E-state index contributed by atoms with van der Waals surface area (Å²) in [4.78, 5) is 12.8. The molecule has 0 fully saturated rings. The van der Waals surface area contributed by atoms with Crippen molar-refractivity contribution in [2.75, 3.05) is 7.11 Å². The van der Waals surface area contributed by atoms with Gasteiger partial charge in [0.15, 0.2) is 0 Å². The van der Waals surface area contributed by atoms with E-state index in [1.807, 2.05) is 19.1 Å². The first-order valence-corrected chi connectivity index (χ1v) is 7.42. The van der Waals surface area contributed by atoms with Gasteiger partial charge in [-0.1, -0.05) is 23.2 Å². The molecule has 1 heterocycles. The summed E-state index contributed by atoms with van der Waals surface area (Å²) in [5, 5.41) is 1.97. The highest BCUT2D eigenvalue weighted by Crippen LogP contribution is 2.32. The summed E-state index contributed by atoms with van der Waals surface area (Å²) in [5.41, 5.74) is 2.15. The minimum atomic E-state index is -0.120. The zero-order valence-corrected chi connectivity index (χ0v) is 13.6. The van der Waals surface area contributed by atoms with E-state index in [0.717, 1.165) is 16.6 Å². The third-order valence-corrected chi connectivity index (χ3v) is 4.10. The number of methoxy groups -OCH3 is 1. The molecular weight excluding hydrogens is 321 g/mol. The Morgan fingerprint density at radius 2 is 1.77 bits per heavy atom. The van der Waals surface area contributed by atoms with E-state index in [9.17, 15) is 4.79 Å². The Morgan fingerprint density at radius 1 is 1.09 bits per heavy atom. The fourth-order valence-electron chi connectivity index (χ4n) is 2.50. The fraction of sp³-hybridized carbons (Fsp3) is 0.118. The highest BCUT2D eigenvalue weighted by atomic mass is 35.5. The zero-order chi connectivity index (χ0) is 15.9. The molecule has 3 nitrogen and oxygen atoms in total. The van der Waals surface area contributed by atoms with Gasteiger partial charge in [0, 0.05) is 21.7 Å². The van der Waals surface area contributed by atoms with Gasteiger partial charge in [0.05, 0.1) is 17.6 Å². The molecule has 2 aromatic carbocycles. The number of benzene rings is 2.